The summed E-state index contributed by atoms with van der Waals surface area (Å²) in [6.45, 7) is 0. The van der Waals surface area contributed by atoms with Crippen molar-refractivity contribution in [1.29, 1.82) is 0 Å². The molecule has 0 amide bonds. The van der Waals surface area contributed by atoms with E-state index in [9.17, 15) is 0 Å². The van der Waals surface area contributed by atoms with Crippen molar-refractivity contribution in [2.75, 3.05) is 43.4 Å². The molecule has 0 unspecified atom stereocenters. The van der Waals surface area contributed by atoms with Gasteiger partial charge in [0.15, 0.2) is 0 Å². The van der Waals surface area contributed by atoms with Gasteiger partial charge in [-0.3, -0.25) is 5.43 Å². The van der Waals surface area contributed by atoms with Crippen LogP contribution in [0.4, 0.5) is 16.5 Å². The largest absolute Gasteiger partial charge is 0.378 e. The van der Waals surface area contributed by atoms with Gasteiger partial charge in [0.1, 0.15) is 0 Å². The molecule has 33 heavy (non-hydrogen) atoms. The van der Waals surface area contributed by atoms with Gasteiger partial charge >= 0.3 is 0 Å². The molecule has 168 valence electrons. The molecular formula is C26H26ClN5S. The Balaban J connectivity index is 1.64. The van der Waals surface area contributed by atoms with Crippen LogP contribution in [0, 0.1) is 0 Å². The molecule has 0 fully saturated rings. The standard InChI is InChI=1S/C26H26ClN5S/c1-31(2)22-13-7-19(8-14-22)25(20-9-15-23(16-10-20)32(3)4)29-30-26-28-24(17-33-26)18-5-11-21(27)12-6-18/h5-17H,1-4H3,(H,28,30). The van der Waals surface area contributed by atoms with Gasteiger partial charge in [-0.25, -0.2) is 4.98 Å². The number of nitrogens with one attached hydrogen (secondary N) is 1. The fourth-order valence-corrected chi connectivity index (χ4v) is 4.10. The first-order chi connectivity index (χ1) is 15.9. The predicted molar refractivity (Wildman–Crippen MR) is 143 cm³/mol. The molecule has 0 bridgehead atoms. The number of hydrogen-bond acceptors (Lipinski definition) is 6. The van der Waals surface area contributed by atoms with Gasteiger partial charge in [0.25, 0.3) is 0 Å². The number of benzene rings is 3. The highest BCUT2D eigenvalue weighted by atomic mass is 35.5. The van der Waals surface area contributed by atoms with Crippen LogP contribution in [-0.2, 0) is 0 Å². The van der Waals surface area contributed by atoms with E-state index < -0.39 is 0 Å². The molecule has 1 aromatic heterocycles. The first kappa shape index (κ1) is 22.8. The van der Waals surface area contributed by atoms with Crippen LogP contribution in [0.1, 0.15) is 11.1 Å². The molecule has 0 spiro atoms. The van der Waals surface area contributed by atoms with Gasteiger partial charge in [-0.05, 0) is 36.4 Å². The average molecular weight is 476 g/mol. The van der Waals surface area contributed by atoms with Crippen molar-refractivity contribution < 1.29 is 0 Å². The van der Waals surface area contributed by atoms with E-state index >= 15 is 0 Å². The van der Waals surface area contributed by atoms with E-state index in [0.29, 0.717) is 5.02 Å². The second kappa shape index (κ2) is 10.1. The third-order valence-corrected chi connectivity index (χ3v) is 6.22. The second-order valence-corrected chi connectivity index (χ2v) is 9.29. The molecule has 4 rings (SSSR count). The Morgan fingerprint density at radius 3 is 1.79 bits per heavy atom. The lowest BCUT2D eigenvalue weighted by Crippen LogP contribution is -2.11. The van der Waals surface area contributed by atoms with Gasteiger partial charge in [-0.1, -0.05) is 48.0 Å². The SMILES string of the molecule is CN(C)c1ccc(C(=NNc2nc(-c3ccc(Cl)cc3)cs2)c2ccc(N(C)C)cc2)cc1. The van der Waals surface area contributed by atoms with Gasteiger partial charge in [0, 0.05) is 66.7 Å². The van der Waals surface area contributed by atoms with E-state index in [1.165, 1.54) is 11.3 Å². The van der Waals surface area contributed by atoms with Crippen molar-refractivity contribution in [3.05, 3.63) is 94.3 Å². The molecule has 7 heteroatoms. The first-order valence-electron chi connectivity index (χ1n) is 10.5. The number of anilines is 3. The third-order valence-electron chi connectivity index (χ3n) is 5.22. The van der Waals surface area contributed by atoms with Crippen molar-refractivity contribution in [3.8, 4) is 11.3 Å². The van der Waals surface area contributed by atoms with Crippen molar-refractivity contribution in [3.63, 3.8) is 0 Å². The lowest BCUT2D eigenvalue weighted by molar-refractivity contribution is 1.13. The summed E-state index contributed by atoms with van der Waals surface area (Å²) in [7, 11) is 8.14. The van der Waals surface area contributed by atoms with Gasteiger partial charge in [0.05, 0.1) is 11.4 Å². The van der Waals surface area contributed by atoms with Gasteiger partial charge in [-0.2, -0.15) is 5.10 Å². The molecule has 0 aliphatic carbocycles. The molecule has 0 aliphatic heterocycles. The Hall–Kier alpha value is -3.35. The number of thiazole rings is 1. The minimum atomic E-state index is 0.710. The molecule has 0 saturated carbocycles. The van der Waals surface area contributed by atoms with E-state index in [-0.39, 0.29) is 0 Å². The van der Waals surface area contributed by atoms with Crippen LogP contribution in [-0.4, -0.2) is 38.9 Å². The van der Waals surface area contributed by atoms with Gasteiger partial charge in [0.2, 0.25) is 5.13 Å². The molecule has 5 nitrogen and oxygen atoms in total. The molecular weight excluding hydrogens is 450 g/mol. The van der Waals surface area contributed by atoms with Crippen LogP contribution in [0.2, 0.25) is 5.02 Å². The normalized spacial score (nSPS) is 10.6. The minimum Gasteiger partial charge on any atom is -0.378 e. The molecule has 0 radical (unpaired) electrons. The summed E-state index contributed by atoms with van der Waals surface area (Å²) in [5.41, 5.74) is 10.3. The fourth-order valence-electron chi connectivity index (χ4n) is 3.31. The highest BCUT2D eigenvalue weighted by molar-refractivity contribution is 7.14. The number of hydrogen-bond donors (Lipinski definition) is 1. The zero-order chi connectivity index (χ0) is 23.4. The summed E-state index contributed by atoms with van der Waals surface area (Å²) in [6, 6.07) is 24.4. The number of rotatable bonds is 7. The van der Waals surface area contributed by atoms with Crippen molar-refractivity contribution in [2.45, 2.75) is 0 Å². The van der Waals surface area contributed by atoms with E-state index in [0.717, 1.165) is 44.6 Å². The van der Waals surface area contributed by atoms with Crippen molar-refractivity contribution >= 4 is 45.2 Å². The zero-order valence-electron chi connectivity index (χ0n) is 19.1. The maximum absolute atomic E-state index is 6.01. The average Bonchev–Trinajstić information content (AvgIpc) is 3.29. The van der Waals surface area contributed by atoms with Crippen LogP contribution in [0.3, 0.4) is 0 Å². The highest BCUT2D eigenvalue weighted by Crippen LogP contribution is 2.26. The van der Waals surface area contributed by atoms with Crippen LogP contribution in [0.5, 0.6) is 0 Å². The Kier molecular flexibility index (Phi) is 6.96. The third kappa shape index (κ3) is 5.53. The molecule has 0 saturated heterocycles. The maximum atomic E-state index is 6.01. The lowest BCUT2D eigenvalue weighted by Gasteiger charge is -2.15. The number of halogens is 1. The van der Waals surface area contributed by atoms with Gasteiger partial charge < -0.3 is 9.80 Å². The Labute approximate surface area is 204 Å². The highest BCUT2D eigenvalue weighted by Gasteiger charge is 2.10. The van der Waals surface area contributed by atoms with E-state index in [1.807, 2.05) is 57.8 Å². The van der Waals surface area contributed by atoms with E-state index in [4.69, 9.17) is 16.7 Å². The number of nitrogens with zero attached hydrogens (tertiary/aromatic N) is 4. The second-order valence-electron chi connectivity index (χ2n) is 8.00. The zero-order valence-corrected chi connectivity index (χ0v) is 20.7. The molecule has 0 atom stereocenters. The number of hydrazone groups is 1. The monoisotopic (exact) mass is 475 g/mol. The smallest absolute Gasteiger partial charge is 0.203 e. The Morgan fingerprint density at radius 1 is 0.788 bits per heavy atom. The van der Waals surface area contributed by atoms with E-state index in [1.54, 1.807) is 0 Å². The van der Waals surface area contributed by atoms with Gasteiger partial charge in [-0.15, -0.1) is 11.3 Å². The van der Waals surface area contributed by atoms with Crippen LogP contribution in [0.15, 0.2) is 83.3 Å². The van der Waals surface area contributed by atoms with Crippen LogP contribution >= 0.6 is 22.9 Å². The lowest BCUT2D eigenvalue weighted by atomic mass is 10.0. The molecule has 0 aliphatic rings. The molecule has 3 aromatic carbocycles. The minimum absolute atomic E-state index is 0.710. The molecule has 1 N–H and O–H groups in total. The summed E-state index contributed by atoms with van der Waals surface area (Å²) in [6.07, 6.45) is 0. The maximum Gasteiger partial charge on any atom is 0.203 e. The predicted octanol–water partition coefficient (Wildman–Crippen LogP) is 6.46. The summed E-state index contributed by atoms with van der Waals surface area (Å²) in [5.74, 6) is 0. The summed E-state index contributed by atoms with van der Waals surface area (Å²) in [5, 5.41) is 8.22. The van der Waals surface area contributed by atoms with E-state index in [2.05, 4.69) is 68.7 Å². The topological polar surface area (TPSA) is 43.8 Å². The quantitative estimate of drug-likeness (QED) is 0.246. The van der Waals surface area contributed by atoms with Crippen molar-refractivity contribution in [1.82, 2.24) is 4.98 Å². The first-order valence-corrected chi connectivity index (χ1v) is 11.8. The van der Waals surface area contributed by atoms with Crippen LogP contribution < -0.4 is 15.2 Å². The molecule has 1 heterocycles. The Morgan fingerprint density at radius 2 is 1.30 bits per heavy atom. The summed E-state index contributed by atoms with van der Waals surface area (Å²) >= 11 is 7.52. The Bertz CT molecular complexity index is 1170. The van der Waals surface area contributed by atoms with Crippen molar-refractivity contribution in [2.24, 2.45) is 5.10 Å². The summed E-state index contributed by atoms with van der Waals surface area (Å²) < 4.78 is 0. The molecule has 4 aromatic rings. The van der Waals surface area contributed by atoms with Crippen LogP contribution in [0.25, 0.3) is 11.3 Å². The summed E-state index contributed by atoms with van der Waals surface area (Å²) in [4.78, 5) is 8.85. The fraction of sp³-hybridized carbons (Fsp3) is 0.154. The number of aromatic nitrogens is 1.